The second-order valence-electron chi connectivity index (χ2n) is 5.22. The fourth-order valence-corrected chi connectivity index (χ4v) is 3.79. The van der Waals surface area contributed by atoms with E-state index in [2.05, 4.69) is 27.8 Å². The van der Waals surface area contributed by atoms with E-state index >= 15 is 0 Å². The summed E-state index contributed by atoms with van der Waals surface area (Å²) in [5.74, 6) is 1.68. The number of halogens is 1. The van der Waals surface area contributed by atoms with Crippen LogP contribution < -0.4 is 0 Å². The van der Waals surface area contributed by atoms with Gasteiger partial charge in [0.15, 0.2) is 0 Å². The predicted molar refractivity (Wildman–Crippen MR) is 66.5 cm³/mol. The van der Waals surface area contributed by atoms with Crippen LogP contribution in [0.4, 0.5) is 0 Å². The number of alkyl halides is 1. The summed E-state index contributed by atoms with van der Waals surface area (Å²) in [4.78, 5) is 3.33. The van der Waals surface area contributed by atoms with Gasteiger partial charge in [0, 0.05) is 31.1 Å². The highest BCUT2D eigenvalue weighted by Gasteiger charge is 2.24. The van der Waals surface area contributed by atoms with Crippen LogP contribution in [0.15, 0.2) is 0 Å². The molecule has 3 heteroatoms. The lowest BCUT2D eigenvalue weighted by Gasteiger charge is -2.34. The summed E-state index contributed by atoms with van der Waals surface area (Å²) in [6.07, 6.45) is 3.94. The van der Waals surface area contributed by atoms with Crippen LogP contribution in [0.1, 0.15) is 26.2 Å². The predicted octanol–water partition coefficient (Wildman–Crippen LogP) is 2.52. The van der Waals surface area contributed by atoms with E-state index in [0.717, 1.165) is 25.0 Å². The molecule has 0 bridgehead atoms. The van der Waals surface area contributed by atoms with Crippen LogP contribution in [0.2, 0.25) is 0 Å². The minimum Gasteiger partial charge on any atom is -0.381 e. The first kappa shape index (κ1) is 11.9. The molecule has 2 aliphatic heterocycles. The van der Waals surface area contributed by atoms with Gasteiger partial charge in [0.1, 0.15) is 0 Å². The molecule has 88 valence electrons. The smallest absolute Gasteiger partial charge is 0.0495 e. The number of nitrogens with zero attached hydrogens (tertiary/aromatic N) is 1. The molecule has 2 saturated heterocycles. The Morgan fingerprint density at radius 1 is 1.40 bits per heavy atom. The van der Waals surface area contributed by atoms with Crippen molar-refractivity contribution in [1.82, 2.24) is 4.90 Å². The summed E-state index contributed by atoms with van der Waals surface area (Å²) in [5.41, 5.74) is 0. The van der Waals surface area contributed by atoms with Gasteiger partial charge in [-0.25, -0.2) is 0 Å². The maximum atomic E-state index is 5.41. The Bertz CT molecular complexity index is 184. The molecule has 2 aliphatic rings. The molecular weight excluding hydrogens is 254 g/mol. The third-order valence-corrected chi connectivity index (χ3v) is 4.23. The molecular formula is C12H22BrNO. The first-order valence-electron chi connectivity index (χ1n) is 6.18. The average Bonchev–Trinajstić information content (AvgIpc) is 2.65. The largest absolute Gasteiger partial charge is 0.381 e. The molecule has 0 aromatic carbocycles. The Balaban J connectivity index is 1.69. The van der Waals surface area contributed by atoms with Gasteiger partial charge in [-0.15, -0.1) is 0 Å². The van der Waals surface area contributed by atoms with E-state index in [1.54, 1.807) is 0 Å². The number of piperidine rings is 1. The van der Waals surface area contributed by atoms with E-state index < -0.39 is 0 Å². The van der Waals surface area contributed by atoms with Crippen molar-refractivity contribution in [3.63, 3.8) is 0 Å². The van der Waals surface area contributed by atoms with Crippen LogP contribution in [0.3, 0.4) is 0 Å². The van der Waals surface area contributed by atoms with E-state index in [0.29, 0.717) is 4.83 Å². The van der Waals surface area contributed by atoms with Gasteiger partial charge in [0.2, 0.25) is 0 Å². The highest BCUT2D eigenvalue weighted by molar-refractivity contribution is 9.09. The third kappa shape index (κ3) is 3.72. The molecule has 0 saturated carbocycles. The van der Waals surface area contributed by atoms with Gasteiger partial charge in [-0.2, -0.15) is 0 Å². The van der Waals surface area contributed by atoms with Crippen LogP contribution in [-0.2, 0) is 4.74 Å². The van der Waals surface area contributed by atoms with Crippen molar-refractivity contribution in [2.24, 2.45) is 11.8 Å². The zero-order valence-electron chi connectivity index (χ0n) is 9.62. The van der Waals surface area contributed by atoms with Gasteiger partial charge in [0.05, 0.1) is 0 Å². The number of ether oxygens (including phenoxy) is 1. The molecule has 0 aromatic rings. The lowest BCUT2D eigenvalue weighted by Crippen LogP contribution is -2.40. The van der Waals surface area contributed by atoms with Crippen molar-refractivity contribution in [2.45, 2.75) is 31.0 Å². The zero-order valence-corrected chi connectivity index (χ0v) is 11.2. The molecule has 2 rings (SSSR count). The molecule has 2 fully saturated rings. The zero-order chi connectivity index (χ0) is 10.7. The van der Waals surface area contributed by atoms with Crippen molar-refractivity contribution in [2.75, 3.05) is 32.8 Å². The average molecular weight is 276 g/mol. The summed E-state index contributed by atoms with van der Waals surface area (Å²) in [6.45, 7) is 8.14. The van der Waals surface area contributed by atoms with Gasteiger partial charge in [-0.3, -0.25) is 0 Å². The SMILES string of the molecule is CC1CC(Br)CN(CCC2CCOC2)C1. The maximum absolute atomic E-state index is 5.41. The van der Waals surface area contributed by atoms with E-state index in [1.807, 2.05) is 0 Å². The van der Waals surface area contributed by atoms with Crippen molar-refractivity contribution in [3.8, 4) is 0 Å². The molecule has 15 heavy (non-hydrogen) atoms. The molecule has 0 aliphatic carbocycles. The van der Waals surface area contributed by atoms with E-state index in [4.69, 9.17) is 4.74 Å². The maximum Gasteiger partial charge on any atom is 0.0495 e. The Labute approximate surface area is 101 Å². The first-order chi connectivity index (χ1) is 7.24. The lowest BCUT2D eigenvalue weighted by molar-refractivity contribution is 0.162. The molecule has 0 spiro atoms. The Morgan fingerprint density at radius 2 is 2.27 bits per heavy atom. The summed E-state index contributed by atoms with van der Waals surface area (Å²) < 4.78 is 5.41. The molecule has 3 unspecified atom stereocenters. The quantitative estimate of drug-likeness (QED) is 0.734. The minimum atomic E-state index is 0.709. The highest BCUT2D eigenvalue weighted by atomic mass is 79.9. The van der Waals surface area contributed by atoms with E-state index in [-0.39, 0.29) is 0 Å². The molecule has 0 radical (unpaired) electrons. The molecule has 0 aromatic heterocycles. The van der Waals surface area contributed by atoms with Crippen molar-refractivity contribution in [1.29, 1.82) is 0 Å². The monoisotopic (exact) mass is 275 g/mol. The standard InChI is InChI=1S/C12H22BrNO/c1-10-6-12(13)8-14(7-10)4-2-11-3-5-15-9-11/h10-12H,2-9H2,1H3. The molecule has 2 heterocycles. The molecule has 3 atom stereocenters. The fourth-order valence-electron chi connectivity index (χ4n) is 2.74. The first-order valence-corrected chi connectivity index (χ1v) is 7.10. The van der Waals surface area contributed by atoms with Gasteiger partial charge in [-0.05, 0) is 37.6 Å². The van der Waals surface area contributed by atoms with E-state index in [9.17, 15) is 0 Å². The molecule has 0 amide bonds. The Morgan fingerprint density at radius 3 is 2.93 bits per heavy atom. The Kier molecular flexibility index (Phi) is 4.47. The fraction of sp³-hybridized carbons (Fsp3) is 1.00. The summed E-state index contributed by atoms with van der Waals surface area (Å²) in [5, 5.41) is 0. The number of likely N-dealkylation sites (tertiary alicyclic amines) is 1. The number of hydrogen-bond donors (Lipinski definition) is 0. The van der Waals surface area contributed by atoms with Gasteiger partial charge in [0.25, 0.3) is 0 Å². The third-order valence-electron chi connectivity index (χ3n) is 3.56. The second-order valence-corrected chi connectivity index (χ2v) is 6.51. The topological polar surface area (TPSA) is 12.5 Å². The van der Waals surface area contributed by atoms with Crippen LogP contribution in [-0.4, -0.2) is 42.6 Å². The summed E-state index contributed by atoms with van der Waals surface area (Å²) in [7, 11) is 0. The van der Waals surface area contributed by atoms with Crippen LogP contribution in [0, 0.1) is 11.8 Å². The minimum absolute atomic E-state index is 0.709. The van der Waals surface area contributed by atoms with Crippen molar-refractivity contribution < 1.29 is 4.74 Å². The molecule has 2 nitrogen and oxygen atoms in total. The van der Waals surface area contributed by atoms with Crippen molar-refractivity contribution in [3.05, 3.63) is 0 Å². The van der Waals surface area contributed by atoms with Crippen LogP contribution in [0.5, 0.6) is 0 Å². The van der Waals surface area contributed by atoms with Gasteiger partial charge >= 0.3 is 0 Å². The summed E-state index contributed by atoms with van der Waals surface area (Å²) in [6, 6.07) is 0. The molecule has 0 N–H and O–H groups in total. The van der Waals surface area contributed by atoms with Crippen molar-refractivity contribution >= 4 is 15.9 Å². The number of rotatable bonds is 3. The van der Waals surface area contributed by atoms with E-state index in [1.165, 1.54) is 38.9 Å². The second kappa shape index (κ2) is 5.65. The normalized spacial score (nSPS) is 38.4. The summed E-state index contributed by atoms with van der Waals surface area (Å²) >= 11 is 3.76. The highest BCUT2D eigenvalue weighted by Crippen LogP contribution is 2.23. The van der Waals surface area contributed by atoms with Gasteiger partial charge < -0.3 is 9.64 Å². The lowest BCUT2D eigenvalue weighted by atomic mass is 9.98. The number of hydrogen-bond acceptors (Lipinski definition) is 2. The van der Waals surface area contributed by atoms with Gasteiger partial charge in [-0.1, -0.05) is 22.9 Å². The van der Waals surface area contributed by atoms with Crippen LogP contribution >= 0.6 is 15.9 Å². The Hall–Kier alpha value is 0.400. The van der Waals surface area contributed by atoms with Crippen LogP contribution in [0.25, 0.3) is 0 Å².